The van der Waals surface area contributed by atoms with Gasteiger partial charge in [0.2, 0.25) is 0 Å². The minimum absolute atomic E-state index is 0.0763. The number of H-pyrrole nitrogens is 1. The van der Waals surface area contributed by atoms with Crippen molar-refractivity contribution in [2.45, 2.75) is 40.0 Å². The number of rotatable bonds is 6. The zero-order valence-corrected chi connectivity index (χ0v) is 15.6. The summed E-state index contributed by atoms with van der Waals surface area (Å²) in [6.45, 7) is 6.32. The number of allylic oxidation sites excluding steroid dienone is 4. The van der Waals surface area contributed by atoms with Crippen molar-refractivity contribution in [3.8, 4) is 5.75 Å². The molecule has 0 aliphatic rings. The number of aromatic amines is 1. The van der Waals surface area contributed by atoms with Crippen LogP contribution in [0.2, 0.25) is 0 Å². The van der Waals surface area contributed by atoms with E-state index in [1.54, 1.807) is 6.07 Å². The third kappa shape index (κ3) is 3.57. The van der Waals surface area contributed by atoms with Gasteiger partial charge in [0.1, 0.15) is 5.75 Å². The van der Waals surface area contributed by atoms with E-state index in [1.807, 2.05) is 24.3 Å². The van der Waals surface area contributed by atoms with Gasteiger partial charge in [0, 0.05) is 21.9 Å². The number of aromatic hydroxyl groups is 1. The summed E-state index contributed by atoms with van der Waals surface area (Å²) in [7, 11) is 0. The van der Waals surface area contributed by atoms with Crippen molar-refractivity contribution in [1.29, 1.82) is 0 Å². The van der Waals surface area contributed by atoms with Crippen molar-refractivity contribution in [2.24, 2.45) is 0 Å². The van der Waals surface area contributed by atoms with E-state index in [0.717, 1.165) is 46.5 Å². The minimum atomic E-state index is 0.0763. The molecule has 0 fully saturated rings. The number of aromatic nitrogens is 1. The van der Waals surface area contributed by atoms with Crippen LogP contribution in [0.15, 0.2) is 53.6 Å². The van der Waals surface area contributed by atoms with E-state index in [-0.39, 0.29) is 5.75 Å². The lowest BCUT2D eigenvalue weighted by atomic mass is 9.99. The predicted molar refractivity (Wildman–Crippen MR) is 109 cm³/mol. The van der Waals surface area contributed by atoms with Crippen LogP contribution >= 0.6 is 0 Å². The van der Waals surface area contributed by atoms with Crippen LogP contribution in [0.25, 0.3) is 21.8 Å². The highest BCUT2D eigenvalue weighted by atomic mass is 16.3. The summed E-state index contributed by atoms with van der Waals surface area (Å²) in [4.78, 5) is 14.8. The van der Waals surface area contributed by atoms with Gasteiger partial charge in [-0.15, -0.1) is 0 Å². The van der Waals surface area contributed by atoms with E-state index in [0.29, 0.717) is 12.0 Å². The summed E-state index contributed by atoms with van der Waals surface area (Å²) in [5, 5.41) is 12.6. The van der Waals surface area contributed by atoms with Crippen LogP contribution in [0, 0.1) is 0 Å². The largest absolute Gasteiger partial charge is 0.507 e. The Balaban J connectivity index is 2.02. The molecule has 3 rings (SSSR count). The highest BCUT2D eigenvalue weighted by Crippen LogP contribution is 2.35. The Labute approximate surface area is 154 Å². The molecule has 0 saturated carbocycles. The Hall–Kier alpha value is -2.81. The molecule has 0 aliphatic carbocycles. The number of phenols is 1. The number of hydrogen-bond acceptors (Lipinski definition) is 2. The number of carbonyl (C=O) groups excluding carboxylic acids is 1. The molecule has 0 saturated heterocycles. The lowest BCUT2D eigenvalue weighted by molar-refractivity contribution is 0.112. The normalized spacial score (nSPS) is 11.9. The van der Waals surface area contributed by atoms with E-state index < -0.39 is 0 Å². The van der Waals surface area contributed by atoms with E-state index in [2.05, 4.69) is 37.9 Å². The summed E-state index contributed by atoms with van der Waals surface area (Å²) in [5.74, 6) is 0.0763. The number of phenolic OH excluding ortho intramolecular Hbond substituents is 1. The number of aldehydes is 1. The second-order valence-electron chi connectivity index (χ2n) is 7.08. The summed E-state index contributed by atoms with van der Waals surface area (Å²) < 4.78 is 0. The first-order valence-electron chi connectivity index (χ1n) is 9.00. The molecule has 0 amide bonds. The fraction of sp³-hybridized carbons (Fsp3) is 0.261. The molecule has 2 N–H and O–H groups in total. The van der Waals surface area contributed by atoms with Crippen LogP contribution in [0.4, 0.5) is 0 Å². The summed E-state index contributed by atoms with van der Waals surface area (Å²) >= 11 is 0. The number of fused-ring (bicyclic) bond motifs is 3. The van der Waals surface area contributed by atoms with Crippen molar-refractivity contribution in [1.82, 2.24) is 4.98 Å². The molecule has 0 bridgehead atoms. The molecule has 0 spiro atoms. The lowest BCUT2D eigenvalue weighted by Gasteiger charge is -2.08. The Morgan fingerprint density at radius 2 is 1.88 bits per heavy atom. The van der Waals surface area contributed by atoms with Crippen LogP contribution in [0.5, 0.6) is 5.75 Å². The molecule has 0 radical (unpaired) electrons. The highest BCUT2D eigenvalue weighted by molar-refractivity contribution is 6.10. The van der Waals surface area contributed by atoms with Crippen molar-refractivity contribution >= 4 is 28.1 Å². The van der Waals surface area contributed by atoms with Gasteiger partial charge < -0.3 is 10.1 Å². The van der Waals surface area contributed by atoms with Crippen LogP contribution < -0.4 is 0 Å². The third-order valence-corrected chi connectivity index (χ3v) is 4.78. The maximum atomic E-state index is 11.4. The first-order chi connectivity index (χ1) is 12.5. The van der Waals surface area contributed by atoms with Gasteiger partial charge in [-0.3, -0.25) is 4.79 Å². The Bertz CT molecular complexity index is 1020. The highest BCUT2D eigenvalue weighted by Gasteiger charge is 2.15. The Kier molecular flexibility index (Phi) is 5.27. The number of carbonyl (C=O) groups is 1. The van der Waals surface area contributed by atoms with Gasteiger partial charge in [0.05, 0.1) is 11.1 Å². The molecule has 3 heteroatoms. The quantitative estimate of drug-likeness (QED) is 0.420. The first kappa shape index (κ1) is 18.0. The average molecular weight is 347 g/mol. The van der Waals surface area contributed by atoms with E-state index >= 15 is 0 Å². The fourth-order valence-electron chi connectivity index (χ4n) is 3.32. The van der Waals surface area contributed by atoms with Crippen LogP contribution in [0.1, 0.15) is 49.5 Å². The van der Waals surface area contributed by atoms with Gasteiger partial charge in [-0.05, 0) is 52.2 Å². The second kappa shape index (κ2) is 7.61. The predicted octanol–water partition coefficient (Wildman–Crippen LogP) is 6.07. The molecule has 3 nitrogen and oxygen atoms in total. The summed E-state index contributed by atoms with van der Waals surface area (Å²) in [5.41, 5.74) is 5.64. The molecule has 2 aromatic carbocycles. The standard InChI is InChI=1S/C23H25NO2/c1-15(2)7-6-8-16(3)11-12-19-22-20(13-17(14-25)23(19)26)18-9-4-5-10-21(18)24-22/h4-5,7,9-11,13-14,24,26H,6,8,12H2,1-3H3/b16-11+. The molecule has 0 unspecified atom stereocenters. The molecule has 134 valence electrons. The van der Waals surface area contributed by atoms with Crippen molar-refractivity contribution in [3.05, 3.63) is 64.8 Å². The van der Waals surface area contributed by atoms with Crippen molar-refractivity contribution < 1.29 is 9.90 Å². The number of benzene rings is 2. The zero-order chi connectivity index (χ0) is 18.7. The van der Waals surface area contributed by atoms with Gasteiger partial charge in [-0.2, -0.15) is 0 Å². The summed E-state index contributed by atoms with van der Waals surface area (Å²) in [6.07, 6.45) is 7.72. The summed E-state index contributed by atoms with van der Waals surface area (Å²) in [6, 6.07) is 9.77. The number of nitrogens with one attached hydrogen (secondary N) is 1. The van der Waals surface area contributed by atoms with Crippen LogP contribution in [0.3, 0.4) is 0 Å². The number of para-hydroxylation sites is 1. The van der Waals surface area contributed by atoms with Gasteiger partial charge in [0.25, 0.3) is 0 Å². The van der Waals surface area contributed by atoms with Gasteiger partial charge in [-0.1, -0.05) is 41.5 Å². The zero-order valence-electron chi connectivity index (χ0n) is 15.6. The van der Waals surface area contributed by atoms with Gasteiger partial charge in [-0.25, -0.2) is 0 Å². The Morgan fingerprint density at radius 3 is 2.62 bits per heavy atom. The minimum Gasteiger partial charge on any atom is -0.507 e. The maximum absolute atomic E-state index is 11.4. The van der Waals surface area contributed by atoms with Crippen molar-refractivity contribution in [2.75, 3.05) is 0 Å². The molecular formula is C23H25NO2. The van der Waals surface area contributed by atoms with E-state index in [4.69, 9.17) is 0 Å². The molecule has 26 heavy (non-hydrogen) atoms. The number of hydrogen-bond donors (Lipinski definition) is 2. The average Bonchev–Trinajstić information content (AvgIpc) is 2.98. The van der Waals surface area contributed by atoms with E-state index in [9.17, 15) is 9.90 Å². The molecule has 1 heterocycles. The molecular weight excluding hydrogens is 322 g/mol. The molecule has 0 aliphatic heterocycles. The molecule has 0 atom stereocenters. The van der Waals surface area contributed by atoms with Crippen molar-refractivity contribution in [3.63, 3.8) is 0 Å². The maximum Gasteiger partial charge on any atom is 0.153 e. The first-order valence-corrected chi connectivity index (χ1v) is 9.00. The third-order valence-electron chi connectivity index (χ3n) is 4.78. The van der Waals surface area contributed by atoms with Crippen LogP contribution in [-0.4, -0.2) is 16.4 Å². The lowest BCUT2D eigenvalue weighted by Crippen LogP contribution is -1.92. The van der Waals surface area contributed by atoms with Gasteiger partial charge in [0.15, 0.2) is 6.29 Å². The fourth-order valence-corrected chi connectivity index (χ4v) is 3.32. The van der Waals surface area contributed by atoms with E-state index in [1.165, 1.54) is 11.1 Å². The smallest absolute Gasteiger partial charge is 0.153 e. The van der Waals surface area contributed by atoms with Crippen LogP contribution in [-0.2, 0) is 6.42 Å². The second-order valence-corrected chi connectivity index (χ2v) is 7.08. The Morgan fingerprint density at radius 1 is 1.12 bits per heavy atom. The topological polar surface area (TPSA) is 53.1 Å². The monoisotopic (exact) mass is 347 g/mol. The SMILES string of the molecule is CC(C)=CCC/C(C)=C/Cc1c(O)c(C=O)cc2c1[nH]c1ccccc12. The molecule has 1 aromatic heterocycles. The van der Waals surface area contributed by atoms with Gasteiger partial charge >= 0.3 is 0 Å². The molecule has 3 aromatic rings.